The van der Waals surface area contributed by atoms with Crippen LogP contribution in [0.3, 0.4) is 0 Å². The van der Waals surface area contributed by atoms with Gasteiger partial charge in [-0.2, -0.15) is 0 Å². The lowest BCUT2D eigenvalue weighted by molar-refractivity contribution is 0.0447. The van der Waals surface area contributed by atoms with Gasteiger partial charge >= 0.3 is 5.97 Å². The minimum atomic E-state index is -0.253. The van der Waals surface area contributed by atoms with Crippen LogP contribution in [0.25, 0.3) is 11.1 Å². The van der Waals surface area contributed by atoms with E-state index in [0.717, 1.165) is 36.3 Å². The Morgan fingerprint density at radius 2 is 1.32 bits per heavy atom. The fourth-order valence-corrected chi connectivity index (χ4v) is 3.39. The first-order chi connectivity index (χ1) is 15.1. The SMILES string of the molecule is CCCCCCCCCCOc1ccc(-c2ccc(C(=O)OCC(C)CC)cc2)cc1. The Hall–Kier alpha value is -2.29. The maximum atomic E-state index is 12.1. The van der Waals surface area contributed by atoms with Gasteiger partial charge in [0, 0.05) is 0 Å². The molecule has 0 aliphatic heterocycles. The number of esters is 1. The molecule has 0 saturated heterocycles. The van der Waals surface area contributed by atoms with Crippen LogP contribution < -0.4 is 4.74 Å². The Balaban J connectivity index is 1.72. The molecule has 31 heavy (non-hydrogen) atoms. The maximum absolute atomic E-state index is 12.1. The Morgan fingerprint density at radius 1 is 0.774 bits per heavy atom. The molecule has 0 radical (unpaired) electrons. The first kappa shape index (κ1) is 25.0. The quantitative estimate of drug-likeness (QED) is 0.214. The summed E-state index contributed by atoms with van der Waals surface area (Å²) in [6, 6.07) is 15.8. The third-order valence-corrected chi connectivity index (χ3v) is 5.77. The van der Waals surface area contributed by atoms with Gasteiger partial charge in [-0.3, -0.25) is 0 Å². The molecule has 0 fully saturated rings. The fourth-order valence-electron chi connectivity index (χ4n) is 3.39. The largest absolute Gasteiger partial charge is 0.494 e. The van der Waals surface area contributed by atoms with Crippen LogP contribution in [0.2, 0.25) is 0 Å². The van der Waals surface area contributed by atoms with Crippen molar-refractivity contribution in [2.45, 2.75) is 78.6 Å². The Bertz CT molecular complexity index is 734. The van der Waals surface area contributed by atoms with Crippen molar-refractivity contribution in [2.24, 2.45) is 5.92 Å². The van der Waals surface area contributed by atoms with Crippen LogP contribution in [0.15, 0.2) is 48.5 Å². The first-order valence-electron chi connectivity index (χ1n) is 12.1. The number of carbonyl (C=O) groups excluding carboxylic acids is 1. The van der Waals surface area contributed by atoms with Crippen molar-refractivity contribution in [3.8, 4) is 16.9 Å². The van der Waals surface area contributed by atoms with E-state index in [9.17, 15) is 4.79 Å². The highest BCUT2D eigenvalue weighted by molar-refractivity contribution is 5.90. The van der Waals surface area contributed by atoms with Gasteiger partial charge in [-0.25, -0.2) is 4.79 Å². The molecule has 0 saturated carbocycles. The van der Waals surface area contributed by atoms with Gasteiger partial charge in [0.25, 0.3) is 0 Å². The number of hydrogen-bond donors (Lipinski definition) is 0. The molecule has 0 heterocycles. The van der Waals surface area contributed by atoms with Gasteiger partial charge in [-0.15, -0.1) is 0 Å². The Kier molecular flexibility index (Phi) is 11.8. The second-order valence-corrected chi connectivity index (χ2v) is 8.54. The molecule has 0 spiro atoms. The van der Waals surface area contributed by atoms with Gasteiger partial charge in [0.15, 0.2) is 0 Å². The summed E-state index contributed by atoms with van der Waals surface area (Å²) in [5, 5.41) is 0. The highest BCUT2D eigenvalue weighted by atomic mass is 16.5. The van der Waals surface area contributed by atoms with E-state index < -0.39 is 0 Å². The number of carbonyl (C=O) groups is 1. The average Bonchev–Trinajstić information content (AvgIpc) is 2.81. The zero-order chi connectivity index (χ0) is 22.3. The topological polar surface area (TPSA) is 35.5 Å². The molecule has 0 aliphatic carbocycles. The summed E-state index contributed by atoms with van der Waals surface area (Å²) < 4.78 is 11.3. The molecule has 170 valence electrons. The van der Waals surface area contributed by atoms with Gasteiger partial charge < -0.3 is 9.47 Å². The minimum absolute atomic E-state index is 0.253. The molecule has 0 N–H and O–H groups in total. The third-order valence-electron chi connectivity index (χ3n) is 5.77. The summed E-state index contributed by atoms with van der Waals surface area (Å²) in [7, 11) is 0. The Labute approximate surface area is 189 Å². The number of rotatable bonds is 15. The number of ether oxygens (including phenoxy) is 2. The van der Waals surface area contributed by atoms with Crippen LogP contribution in [0.4, 0.5) is 0 Å². The molecular weight excluding hydrogens is 384 g/mol. The number of benzene rings is 2. The van der Waals surface area contributed by atoms with Gasteiger partial charge in [0.05, 0.1) is 18.8 Å². The van der Waals surface area contributed by atoms with Gasteiger partial charge in [0.2, 0.25) is 0 Å². The predicted molar refractivity (Wildman–Crippen MR) is 130 cm³/mol. The predicted octanol–water partition coefficient (Wildman–Crippen LogP) is 8.08. The molecule has 0 amide bonds. The zero-order valence-electron chi connectivity index (χ0n) is 19.7. The normalized spacial score (nSPS) is 11.8. The van der Waals surface area contributed by atoms with Crippen LogP contribution in [-0.2, 0) is 4.74 Å². The molecule has 2 aromatic rings. The fraction of sp³-hybridized carbons (Fsp3) is 0.536. The van der Waals surface area contributed by atoms with Crippen molar-refractivity contribution in [1.29, 1.82) is 0 Å². The lowest BCUT2D eigenvalue weighted by Crippen LogP contribution is -2.11. The summed E-state index contributed by atoms with van der Waals surface area (Å²) in [6.07, 6.45) is 11.5. The van der Waals surface area contributed by atoms with Crippen molar-refractivity contribution in [1.82, 2.24) is 0 Å². The molecule has 0 aliphatic rings. The van der Waals surface area contributed by atoms with Crippen LogP contribution in [-0.4, -0.2) is 19.2 Å². The summed E-state index contributed by atoms with van der Waals surface area (Å²) in [5.74, 6) is 1.05. The number of unbranched alkanes of at least 4 members (excludes halogenated alkanes) is 7. The van der Waals surface area contributed by atoms with E-state index in [4.69, 9.17) is 9.47 Å². The van der Waals surface area contributed by atoms with Gasteiger partial charge in [0.1, 0.15) is 5.75 Å². The van der Waals surface area contributed by atoms with E-state index in [0.29, 0.717) is 18.1 Å². The second kappa shape index (κ2) is 14.7. The van der Waals surface area contributed by atoms with E-state index in [-0.39, 0.29) is 5.97 Å². The Morgan fingerprint density at radius 3 is 1.90 bits per heavy atom. The number of hydrogen-bond acceptors (Lipinski definition) is 3. The molecule has 1 atom stereocenters. The van der Waals surface area contributed by atoms with Crippen molar-refractivity contribution >= 4 is 5.97 Å². The van der Waals surface area contributed by atoms with E-state index in [1.807, 2.05) is 36.4 Å². The van der Waals surface area contributed by atoms with Crippen molar-refractivity contribution < 1.29 is 14.3 Å². The second-order valence-electron chi connectivity index (χ2n) is 8.54. The average molecular weight is 425 g/mol. The monoisotopic (exact) mass is 424 g/mol. The molecule has 1 unspecified atom stereocenters. The van der Waals surface area contributed by atoms with Crippen molar-refractivity contribution in [3.05, 3.63) is 54.1 Å². The highest BCUT2D eigenvalue weighted by Gasteiger charge is 2.09. The maximum Gasteiger partial charge on any atom is 0.338 e. The van der Waals surface area contributed by atoms with E-state index in [1.165, 1.54) is 44.9 Å². The molecular formula is C28H40O3. The van der Waals surface area contributed by atoms with E-state index in [2.05, 4.69) is 32.9 Å². The van der Waals surface area contributed by atoms with Gasteiger partial charge in [-0.05, 0) is 47.7 Å². The van der Waals surface area contributed by atoms with Crippen molar-refractivity contribution in [2.75, 3.05) is 13.2 Å². The zero-order valence-corrected chi connectivity index (χ0v) is 19.7. The smallest absolute Gasteiger partial charge is 0.338 e. The molecule has 0 aromatic heterocycles. The van der Waals surface area contributed by atoms with E-state index in [1.54, 1.807) is 0 Å². The minimum Gasteiger partial charge on any atom is -0.494 e. The van der Waals surface area contributed by atoms with Crippen LogP contribution in [0.1, 0.15) is 88.9 Å². The molecule has 2 rings (SSSR count). The lowest BCUT2D eigenvalue weighted by atomic mass is 10.0. The first-order valence-corrected chi connectivity index (χ1v) is 12.1. The summed E-state index contributed by atoms with van der Waals surface area (Å²) in [5.41, 5.74) is 2.78. The van der Waals surface area contributed by atoms with Gasteiger partial charge in [-0.1, -0.05) is 96.4 Å². The van der Waals surface area contributed by atoms with Crippen LogP contribution in [0, 0.1) is 5.92 Å². The van der Waals surface area contributed by atoms with Crippen LogP contribution in [0.5, 0.6) is 5.75 Å². The summed E-state index contributed by atoms with van der Waals surface area (Å²) >= 11 is 0. The third kappa shape index (κ3) is 9.59. The standard InChI is InChI=1S/C28H40O3/c1-4-6-7-8-9-10-11-12-21-30-27-19-17-25(18-20-27)24-13-15-26(16-14-24)28(29)31-22-23(3)5-2/h13-20,23H,4-12,21-22H2,1-3H3. The summed E-state index contributed by atoms with van der Waals surface area (Å²) in [6.45, 7) is 7.69. The molecule has 2 aromatic carbocycles. The van der Waals surface area contributed by atoms with Crippen molar-refractivity contribution in [3.63, 3.8) is 0 Å². The summed E-state index contributed by atoms with van der Waals surface area (Å²) in [4.78, 5) is 12.1. The van der Waals surface area contributed by atoms with Crippen LogP contribution >= 0.6 is 0 Å². The molecule has 3 nitrogen and oxygen atoms in total. The lowest BCUT2D eigenvalue weighted by Gasteiger charge is -2.10. The highest BCUT2D eigenvalue weighted by Crippen LogP contribution is 2.23. The molecule has 0 bridgehead atoms. The van der Waals surface area contributed by atoms with E-state index >= 15 is 0 Å². The molecule has 3 heteroatoms.